The van der Waals surface area contributed by atoms with E-state index in [1.54, 1.807) is 30.3 Å². The van der Waals surface area contributed by atoms with Crippen LogP contribution in [0.4, 0.5) is 4.79 Å². The summed E-state index contributed by atoms with van der Waals surface area (Å²) in [5.41, 5.74) is 21.7. The molecular formula is C50H66N8O6. The lowest BCUT2D eigenvalue weighted by Gasteiger charge is -2.30. The molecule has 6 rings (SSSR count). The SMILES string of the molecule is CN[C@@H](Cc1ccccc1)C(=O)N[C@@H](CCCCN)C(=O)N1CCC[C@H]1C(=O)CCc1cn(C(=O)N(C(=O)[C@H](N)CC2CCCCC2)C(=O)[C@@H](N)Cc2ccccc2)c2ccccc12. The summed E-state index contributed by atoms with van der Waals surface area (Å²) in [7, 11) is 1.72. The second-order valence-electron chi connectivity index (χ2n) is 17.5. The van der Waals surface area contributed by atoms with E-state index >= 15 is 0 Å². The highest BCUT2D eigenvalue weighted by atomic mass is 16.2. The molecule has 14 heteroatoms. The number of imide groups is 3. The third kappa shape index (κ3) is 12.2. The van der Waals surface area contributed by atoms with Gasteiger partial charge in [-0.1, -0.05) is 111 Å². The smallest absolute Gasteiger partial charge is 0.342 e. The Hall–Kier alpha value is -5.54. The summed E-state index contributed by atoms with van der Waals surface area (Å²) in [6, 6.07) is 20.7. The number of ketones is 1. The molecule has 1 saturated heterocycles. The summed E-state index contributed by atoms with van der Waals surface area (Å²) in [4.78, 5) is 87.2. The number of rotatable bonds is 20. The van der Waals surface area contributed by atoms with Gasteiger partial charge in [0.1, 0.15) is 6.04 Å². The maximum atomic E-state index is 14.6. The number of nitrogens with two attached hydrogens (primary N) is 3. The minimum Gasteiger partial charge on any atom is -0.343 e. The Morgan fingerprint density at radius 1 is 0.750 bits per heavy atom. The zero-order valence-corrected chi connectivity index (χ0v) is 37.2. The number of likely N-dealkylation sites (N-methyl/N-ethyl adjacent to an activating group) is 1. The van der Waals surface area contributed by atoms with Gasteiger partial charge in [-0.05, 0) is 100 Å². The third-order valence-corrected chi connectivity index (χ3v) is 12.9. The number of likely N-dealkylation sites (tertiary alicyclic amines) is 1. The van der Waals surface area contributed by atoms with Gasteiger partial charge < -0.3 is 32.7 Å². The van der Waals surface area contributed by atoms with Gasteiger partial charge in [-0.25, -0.2) is 4.79 Å². The van der Waals surface area contributed by atoms with E-state index in [-0.39, 0.29) is 42.8 Å². The minimum atomic E-state index is -1.19. The fraction of sp³-hybridized carbons (Fsp3) is 0.480. The van der Waals surface area contributed by atoms with Crippen LogP contribution in [0.25, 0.3) is 10.9 Å². The highest BCUT2D eigenvalue weighted by molar-refractivity contribution is 6.15. The number of hydrogen-bond acceptors (Lipinski definition) is 10. The quantitative estimate of drug-likeness (QED) is 0.0767. The zero-order chi connectivity index (χ0) is 45.6. The normalized spacial score (nSPS) is 17.4. The minimum absolute atomic E-state index is 0.0650. The standard InChI is InChI=1S/C50H66N8O6/c1-54-42(32-36-20-9-4-10-21-36)46(60)55-41(23-13-14-28-51)49(63)56-29-15-25-44(56)45(59)27-26-37-33-57(43-24-12-11-22-38(37)43)50(64)58(47(61)39(52)30-34-16-5-2-6-17-34)48(62)40(53)31-35-18-7-3-8-19-35/h2,4-6,9-12,16-17,20-22,24,33,35,39-42,44,54H,3,7-8,13-15,18-19,23,25-32,51-53H2,1H3,(H,55,60)/t39-,40+,41-,42-,44-/m0/s1. The predicted octanol–water partition coefficient (Wildman–Crippen LogP) is 4.77. The van der Waals surface area contributed by atoms with Gasteiger partial charge in [0.15, 0.2) is 5.78 Å². The average Bonchev–Trinajstić information content (AvgIpc) is 3.96. The molecule has 0 radical (unpaired) electrons. The van der Waals surface area contributed by atoms with Crippen LogP contribution in [-0.2, 0) is 43.2 Å². The van der Waals surface area contributed by atoms with Gasteiger partial charge in [0, 0.05) is 24.5 Å². The summed E-state index contributed by atoms with van der Waals surface area (Å²) in [6.07, 6.45) is 10.7. The summed E-state index contributed by atoms with van der Waals surface area (Å²) >= 11 is 0. The molecule has 3 aromatic carbocycles. The maximum absolute atomic E-state index is 14.6. The van der Waals surface area contributed by atoms with Crippen LogP contribution < -0.4 is 27.8 Å². The first kappa shape index (κ1) is 47.9. The van der Waals surface area contributed by atoms with Crippen molar-refractivity contribution in [2.75, 3.05) is 20.1 Å². The molecule has 5 amide bonds. The summed E-state index contributed by atoms with van der Waals surface area (Å²) in [5, 5.41) is 6.76. The Morgan fingerprint density at radius 2 is 1.39 bits per heavy atom. The van der Waals surface area contributed by atoms with Crippen LogP contribution in [0.1, 0.15) is 93.7 Å². The Bertz CT molecular complexity index is 2210. The number of nitrogens with one attached hydrogen (secondary N) is 2. The number of carbonyl (C=O) groups is 6. The van der Waals surface area contributed by atoms with Crippen molar-refractivity contribution in [3.05, 3.63) is 108 Å². The third-order valence-electron chi connectivity index (χ3n) is 12.9. The van der Waals surface area contributed by atoms with Crippen molar-refractivity contribution in [1.29, 1.82) is 0 Å². The molecule has 2 fully saturated rings. The van der Waals surface area contributed by atoms with Crippen molar-refractivity contribution >= 4 is 46.3 Å². The maximum Gasteiger partial charge on any atom is 0.342 e. The number of Topliss-reactive ketones (excluding diaryl/α,β-unsaturated/α-hetero) is 1. The highest BCUT2D eigenvalue weighted by Gasteiger charge is 2.39. The van der Waals surface area contributed by atoms with Crippen molar-refractivity contribution in [2.24, 2.45) is 23.1 Å². The highest BCUT2D eigenvalue weighted by Crippen LogP contribution is 2.29. The molecule has 64 heavy (non-hydrogen) atoms. The van der Waals surface area contributed by atoms with E-state index < -0.39 is 48.1 Å². The number of carbonyl (C=O) groups excluding carboxylic acids is 6. The number of aryl methyl sites for hydroxylation is 1. The first-order valence-electron chi connectivity index (χ1n) is 23.1. The summed E-state index contributed by atoms with van der Waals surface area (Å²) < 4.78 is 1.28. The molecule has 0 bridgehead atoms. The molecule has 1 aliphatic heterocycles. The molecule has 5 atom stereocenters. The Labute approximate surface area is 376 Å². The lowest BCUT2D eigenvalue weighted by Crippen LogP contribution is -2.56. The van der Waals surface area contributed by atoms with E-state index in [4.69, 9.17) is 17.2 Å². The van der Waals surface area contributed by atoms with Gasteiger partial charge in [-0.15, -0.1) is 0 Å². The average molecular weight is 875 g/mol. The second-order valence-corrected chi connectivity index (χ2v) is 17.5. The van der Waals surface area contributed by atoms with Gasteiger partial charge in [-0.2, -0.15) is 4.90 Å². The number of para-hydroxylation sites is 1. The number of nitrogens with zero attached hydrogens (tertiary/aromatic N) is 3. The fourth-order valence-corrected chi connectivity index (χ4v) is 9.37. The van der Waals surface area contributed by atoms with Crippen LogP contribution in [0.15, 0.2) is 91.1 Å². The monoisotopic (exact) mass is 875 g/mol. The fourth-order valence-electron chi connectivity index (χ4n) is 9.37. The molecule has 1 aliphatic carbocycles. The Balaban J connectivity index is 1.19. The molecule has 4 aromatic rings. The van der Waals surface area contributed by atoms with Gasteiger partial charge in [0.25, 0.3) is 11.8 Å². The van der Waals surface area contributed by atoms with Gasteiger partial charge >= 0.3 is 6.03 Å². The molecule has 1 saturated carbocycles. The van der Waals surface area contributed by atoms with E-state index in [0.29, 0.717) is 79.4 Å². The van der Waals surface area contributed by atoms with E-state index in [9.17, 15) is 28.8 Å². The number of amides is 5. The molecule has 1 aromatic heterocycles. The van der Waals surface area contributed by atoms with Crippen LogP contribution >= 0.6 is 0 Å². The molecule has 0 unspecified atom stereocenters. The first-order chi connectivity index (χ1) is 31.0. The molecule has 0 spiro atoms. The molecule has 14 nitrogen and oxygen atoms in total. The number of aromatic nitrogens is 1. The van der Waals surface area contributed by atoms with Gasteiger partial charge in [0.2, 0.25) is 11.8 Å². The van der Waals surface area contributed by atoms with Gasteiger partial charge in [0.05, 0.1) is 29.7 Å². The second kappa shape index (κ2) is 23.4. The van der Waals surface area contributed by atoms with Crippen LogP contribution in [0.5, 0.6) is 0 Å². The molecular weight excluding hydrogens is 809 g/mol. The lowest BCUT2D eigenvalue weighted by atomic mass is 9.84. The van der Waals surface area contributed by atoms with Crippen LogP contribution in [0.3, 0.4) is 0 Å². The van der Waals surface area contributed by atoms with Crippen molar-refractivity contribution in [2.45, 2.75) is 127 Å². The van der Waals surface area contributed by atoms with Crippen molar-refractivity contribution in [1.82, 2.24) is 25.0 Å². The van der Waals surface area contributed by atoms with Crippen molar-refractivity contribution in [3.8, 4) is 0 Å². The zero-order valence-electron chi connectivity index (χ0n) is 37.2. The molecule has 2 heterocycles. The van der Waals surface area contributed by atoms with Crippen molar-refractivity contribution in [3.63, 3.8) is 0 Å². The number of hydrogen-bond donors (Lipinski definition) is 5. The van der Waals surface area contributed by atoms with Crippen molar-refractivity contribution < 1.29 is 28.8 Å². The molecule has 8 N–H and O–H groups in total. The number of benzene rings is 3. The summed E-state index contributed by atoms with van der Waals surface area (Å²) in [5.74, 6) is -2.13. The van der Waals surface area contributed by atoms with E-state index in [1.165, 1.54) is 4.57 Å². The topological polar surface area (TPSA) is 216 Å². The number of unbranched alkanes of at least 4 members (excludes halogenated alkanes) is 1. The number of fused-ring (bicyclic) bond motifs is 1. The molecule has 342 valence electrons. The lowest BCUT2D eigenvalue weighted by molar-refractivity contribution is -0.143. The van der Waals surface area contributed by atoms with E-state index in [0.717, 1.165) is 43.2 Å². The van der Waals surface area contributed by atoms with Gasteiger partial charge in [-0.3, -0.25) is 28.5 Å². The first-order valence-corrected chi connectivity index (χ1v) is 23.1. The van der Waals surface area contributed by atoms with Crippen LogP contribution in [0.2, 0.25) is 0 Å². The Morgan fingerprint density at radius 3 is 2.06 bits per heavy atom. The molecule has 2 aliphatic rings. The van der Waals surface area contributed by atoms with E-state index in [1.807, 2.05) is 72.8 Å². The predicted molar refractivity (Wildman–Crippen MR) is 248 cm³/mol. The Kier molecular flexibility index (Phi) is 17.5. The largest absolute Gasteiger partial charge is 0.343 e. The van der Waals surface area contributed by atoms with E-state index in [2.05, 4.69) is 10.6 Å². The van der Waals surface area contributed by atoms with Crippen LogP contribution in [0, 0.1) is 5.92 Å². The van der Waals surface area contributed by atoms with Crippen LogP contribution in [-0.4, -0.2) is 100 Å². The summed E-state index contributed by atoms with van der Waals surface area (Å²) in [6.45, 7) is 0.841.